The Morgan fingerprint density at radius 2 is 1.67 bits per heavy atom. The van der Waals surface area contributed by atoms with Gasteiger partial charge in [0, 0.05) is 0 Å². The van der Waals surface area contributed by atoms with E-state index in [0.29, 0.717) is 0 Å². The van der Waals surface area contributed by atoms with Gasteiger partial charge >= 0.3 is 5.24 Å². The van der Waals surface area contributed by atoms with Crippen LogP contribution in [0.2, 0.25) is 0 Å². The fraction of sp³-hybridized carbons (Fsp3) is 0. The minimum absolute atomic E-state index is 1.79. The standard InChI is InChI=1S/CHNO3S/c2-1(3)6(4)5/h6H. The second kappa shape index (κ2) is 1.76. The van der Waals surface area contributed by atoms with Gasteiger partial charge in [-0.2, -0.15) is 0 Å². The maximum Gasteiger partial charge on any atom is 0.377 e. The van der Waals surface area contributed by atoms with Crippen molar-refractivity contribution in [3.63, 3.8) is 0 Å². The number of hydrogen-bond donors (Lipinski definition) is 1. The Morgan fingerprint density at radius 3 is 1.67 bits per heavy atom. The molecular weight excluding hydrogens is 106 g/mol. The second-order valence-corrected chi connectivity index (χ2v) is 1.44. The highest BCUT2D eigenvalue weighted by Crippen LogP contribution is 1.59. The van der Waals surface area contributed by atoms with Gasteiger partial charge < -0.3 is 0 Å². The molecule has 0 heterocycles. The van der Waals surface area contributed by atoms with Gasteiger partial charge in [0.1, 0.15) is 0 Å². The lowest BCUT2D eigenvalue weighted by atomic mass is 11.5. The van der Waals surface area contributed by atoms with Gasteiger partial charge in [-0.05, 0) is 0 Å². The minimum Gasteiger partial charge on any atom is -0.252 e. The molecule has 2 radical (unpaired) electrons. The van der Waals surface area contributed by atoms with Crippen LogP contribution < -0.4 is 5.73 Å². The first-order valence-electron chi connectivity index (χ1n) is 1.02. The smallest absolute Gasteiger partial charge is 0.252 e. The summed E-state index contributed by atoms with van der Waals surface area (Å²) in [5.74, 6) is 0. The third-order valence-corrected chi connectivity index (χ3v) is 0.469. The quantitative estimate of drug-likeness (QED) is 0.394. The second-order valence-electron chi connectivity index (χ2n) is 0.540. The van der Waals surface area contributed by atoms with E-state index in [0.717, 1.165) is 0 Å². The molecule has 0 aliphatic carbocycles. The van der Waals surface area contributed by atoms with Crippen molar-refractivity contribution in [2.24, 2.45) is 0 Å². The zero-order valence-corrected chi connectivity index (χ0v) is 3.51. The molecule has 0 unspecified atom stereocenters. The number of thiol groups is 1. The Hall–Kier alpha value is -0.580. The number of carbonyl (C=O) groups excluding carboxylic acids is 1. The first kappa shape index (κ1) is 5.42. The van der Waals surface area contributed by atoms with E-state index >= 15 is 0 Å². The van der Waals surface area contributed by atoms with Crippen LogP contribution in [0.1, 0.15) is 0 Å². The molecule has 0 N–H and O–H groups in total. The van der Waals surface area contributed by atoms with E-state index in [1.165, 1.54) is 0 Å². The molecule has 5 heteroatoms. The van der Waals surface area contributed by atoms with Crippen molar-refractivity contribution in [1.29, 1.82) is 0 Å². The van der Waals surface area contributed by atoms with Crippen LogP contribution in [0.25, 0.3) is 0 Å². The van der Waals surface area contributed by atoms with Crippen molar-refractivity contribution in [2.45, 2.75) is 0 Å². The number of amides is 1. The van der Waals surface area contributed by atoms with E-state index in [-0.39, 0.29) is 0 Å². The SMILES string of the molecule is [N]C(=O)[SH](=O)=O. The molecule has 0 fully saturated rings. The van der Waals surface area contributed by atoms with Gasteiger partial charge in [-0.3, -0.25) is 4.79 Å². The minimum atomic E-state index is -3.24. The van der Waals surface area contributed by atoms with Crippen molar-refractivity contribution in [3.05, 3.63) is 0 Å². The van der Waals surface area contributed by atoms with Crippen molar-refractivity contribution < 1.29 is 13.2 Å². The predicted molar refractivity (Wildman–Crippen MR) is 17.8 cm³/mol. The molecule has 6 heavy (non-hydrogen) atoms. The average Bonchev–Trinajstić information content (AvgIpc) is 1.36. The summed E-state index contributed by atoms with van der Waals surface area (Å²) in [4.78, 5) is 9.10. The lowest BCUT2D eigenvalue weighted by Gasteiger charge is -1.59. The van der Waals surface area contributed by atoms with Gasteiger partial charge in [-0.1, -0.05) is 5.73 Å². The molecule has 0 bridgehead atoms. The summed E-state index contributed by atoms with van der Waals surface area (Å²) < 4.78 is 18.3. The summed E-state index contributed by atoms with van der Waals surface area (Å²) in [5, 5.41) is -1.79. The maximum absolute atomic E-state index is 9.14. The highest BCUT2D eigenvalue weighted by Gasteiger charge is 1.92. The van der Waals surface area contributed by atoms with Crippen LogP contribution in [-0.4, -0.2) is 13.7 Å². The zero-order valence-electron chi connectivity index (χ0n) is 2.62. The molecule has 1 amide bonds. The Bertz CT molecular complexity index is 117. The van der Waals surface area contributed by atoms with Crippen LogP contribution in [0.15, 0.2) is 0 Å². The number of nitrogens with zero attached hydrogens (tertiary/aromatic N) is 1. The van der Waals surface area contributed by atoms with Crippen LogP contribution >= 0.6 is 0 Å². The van der Waals surface area contributed by atoms with Crippen molar-refractivity contribution >= 4 is 15.9 Å². The molecule has 0 aliphatic heterocycles. The fourth-order valence-corrected chi connectivity index (χ4v) is 0. The molecule has 0 spiro atoms. The highest BCUT2D eigenvalue weighted by molar-refractivity contribution is 7.89. The summed E-state index contributed by atoms with van der Waals surface area (Å²) >= 11 is 0. The Kier molecular flexibility index (Phi) is 1.59. The normalized spacial score (nSPS) is 8.83. The van der Waals surface area contributed by atoms with E-state index in [2.05, 4.69) is 0 Å². The van der Waals surface area contributed by atoms with Gasteiger partial charge in [-0.15, -0.1) is 0 Å². The van der Waals surface area contributed by atoms with Crippen LogP contribution in [0, 0.1) is 0 Å². The summed E-state index contributed by atoms with van der Waals surface area (Å²) in [6.07, 6.45) is 0. The summed E-state index contributed by atoms with van der Waals surface area (Å²) in [6.45, 7) is 0. The molecule has 4 nitrogen and oxygen atoms in total. The number of carbonyl (C=O) groups is 1. The first-order chi connectivity index (χ1) is 2.64. The van der Waals surface area contributed by atoms with Crippen LogP contribution in [0.5, 0.6) is 0 Å². The number of hydrogen-bond acceptors (Lipinski definition) is 3. The summed E-state index contributed by atoms with van der Waals surface area (Å²) in [5.41, 5.74) is 7.39. The highest BCUT2D eigenvalue weighted by atomic mass is 32.2. The van der Waals surface area contributed by atoms with Crippen LogP contribution in [0.3, 0.4) is 0 Å². The lowest BCUT2D eigenvalue weighted by Crippen LogP contribution is -1.93. The number of rotatable bonds is 0. The fourth-order valence-electron chi connectivity index (χ4n) is 0. The van der Waals surface area contributed by atoms with Gasteiger partial charge in [0.25, 0.3) is 0 Å². The molecule has 0 aromatic heterocycles. The van der Waals surface area contributed by atoms with Gasteiger partial charge in [0.2, 0.25) is 10.7 Å². The third kappa shape index (κ3) is 1.71. The van der Waals surface area contributed by atoms with Crippen molar-refractivity contribution in [1.82, 2.24) is 5.73 Å². The third-order valence-electron chi connectivity index (χ3n) is 0.156. The van der Waals surface area contributed by atoms with E-state index in [1.807, 2.05) is 0 Å². The molecule has 0 aromatic rings. The summed E-state index contributed by atoms with van der Waals surface area (Å²) in [7, 11) is -3.24. The molecule has 0 atom stereocenters. The average molecular weight is 107 g/mol. The Balaban J connectivity index is 3.94. The molecule has 0 saturated carbocycles. The topological polar surface area (TPSA) is 73.5 Å². The van der Waals surface area contributed by atoms with E-state index < -0.39 is 15.9 Å². The van der Waals surface area contributed by atoms with Crippen molar-refractivity contribution in [3.8, 4) is 0 Å². The first-order valence-corrected chi connectivity index (χ1v) is 2.19. The van der Waals surface area contributed by atoms with E-state index in [1.54, 1.807) is 0 Å². The monoisotopic (exact) mass is 107 g/mol. The largest absolute Gasteiger partial charge is 0.377 e. The Morgan fingerprint density at radius 1 is 1.50 bits per heavy atom. The van der Waals surface area contributed by atoms with Gasteiger partial charge in [0.15, 0.2) is 0 Å². The van der Waals surface area contributed by atoms with Crippen LogP contribution in [-0.2, 0) is 10.7 Å². The van der Waals surface area contributed by atoms with Crippen molar-refractivity contribution in [2.75, 3.05) is 0 Å². The molecule has 0 saturated heterocycles. The molecule has 0 aliphatic rings. The molecule has 0 rings (SSSR count). The molecular formula is CHNO3S. The molecule has 34 valence electrons. The maximum atomic E-state index is 9.14. The molecule has 0 aromatic carbocycles. The van der Waals surface area contributed by atoms with E-state index in [4.69, 9.17) is 18.9 Å². The summed E-state index contributed by atoms with van der Waals surface area (Å²) in [6, 6.07) is 0. The van der Waals surface area contributed by atoms with Crippen LogP contribution in [0.4, 0.5) is 4.79 Å². The van der Waals surface area contributed by atoms with E-state index in [9.17, 15) is 0 Å². The van der Waals surface area contributed by atoms with Gasteiger partial charge in [-0.25, -0.2) is 8.42 Å². The predicted octanol–water partition coefficient (Wildman–Crippen LogP) is -1.21. The lowest BCUT2D eigenvalue weighted by molar-refractivity contribution is 0.265. The van der Waals surface area contributed by atoms with Gasteiger partial charge in [0.05, 0.1) is 0 Å². The Labute approximate surface area is 35.9 Å². The zero-order chi connectivity index (χ0) is 5.15.